The topological polar surface area (TPSA) is 39.1 Å². The van der Waals surface area contributed by atoms with Gasteiger partial charge in [0.05, 0.1) is 5.69 Å². The average Bonchev–Trinajstić information content (AvgIpc) is 2.81. The molecule has 120 valence electrons. The first-order valence-electron chi connectivity index (χ1n) is 6.69. The van der Waals surface area contributed by atoms with E-state index in [0.717, 1.165) is 0 Å². The minimum atomic E-state index is -5.48. The first kappa shape index (κ1) is 15.6. The zero-order chi connectivity index (χ0) is 16.8. The molecule has 0 aliphatic heterocycles. The van der Waals surface area contributed by atoms with Crippen LogP contribution in [0.1, 0.15) is 0 Å². The van der Waals surface area contributed by atoms with Gasteiger partial charge in [-0.05, 0) is 11.6 Å². The van der Waals surface area contributed by atoms with Gasteiger partial charge in [-0.1, -0.05) is 48.5 Å². The van der Waals surface area contributed by atoms with Crippen molar-refractivity contribution in [3.05, 3.63) is 54.6 Å². The molecule has 1 heterocycles. The molecule has 7 heteroatoms. The smallest absolute Gasteiger partial charge is 0.343 e. The number of hydrogen-bond donors (Lipinski definition) is 0. The fraction of sp³-hybridized carbons (Fsp3) is 0.125. The number of rotatable bonds is 2. The maximum Gasteiger partial charge on any atom is 0.502 e. The molecule has 0 saturated carbocycles. The lowest BCUT2D eigenvalue weighted by Crippen LogP contribution is -2.23. The van der Waals surface area contributed by atoms with Crippen molar-refractivity contribution in [3.8, 4) is 11.3 Å². The fourth-order valence-corrected chi connectivity index (χ4v) is 3.87. The molecule has 0 N–H and O–H groups in total. The second-order valence-electron chi connectivity index (χ2n) is 5.07. The Bertz CT molecular complexity index is 974. The molecule has 0 spiro atoms. The summed E-state index contributed by atoms with van der Waals surface area (Å²) in [6.45, 7) is 0. The third-order valence-corrected chi connectivity index (χ3v) is 5.24. The lowest BCUT2D eigenvalue weighted by atomic mass is 10.1. The maximum atomic E-state index is 13.2. The number of alkyl halides is 3. The standard InChI is InChI=1S/C16H12F3NO2S/c1-20-13-10-6-5-9-12(13)15(23(21,22)16(17,18)19)14(20)11-7-3-2-4-8-11/h2-10H,1H3. The minimum absolute atomic E-state index is 0.0316. The van der Waals surface area contributed by atoms with Crippen LogP contribution in [0.5, 0.6) is 0 Å². The van der Waals surface area contributed by atoms with Gasteiger partial charge in [0.1, 0.15) is 4.90 Å². The van der Waals surface area contributed by atoms with Crippen LogP contribution in [0.2, 0.25) is 0 Å². The van der Waals surface area contributed by atoms with E-state index >= 15 is 0 Å². The van der Waals surface area contributed by atoms with Gasteiger partial charge in [-0.2, -0.15) is 13.2 Å². The summed E-state index contributed by atoms with van der Waals surface area (Å²) in [5, 5.41) is 0.0613. The molecule has 0 unspecified atom stereocenters. The Morgan fingerprint density at radius 3 is 2.09 bits per heavy atom. The van der Waals surface area contributed by atoms with E-state index in [1.54, 1.807) is 49.5 Å². The number of nitrogens with zero attached hydrogens (tertiary/aromatic N) is 1. The summed E-state index contributed by atoms with van der Waals surface area (Å²) in [4.78, 5) is -0.700. The fourth-order valence-electron chi connectivity index (χ4n) is 2.67. The Balaban J connectivity index is 2.50. The van der Waals surface area contributed by atoms with Crippen LogP contribution in [0.15, 0.2) is 59.5 Å². The molecule has 1 aromatic heterocycles. The summed E-state index contributed by atoms with van der Waals surface area (Å²) in [5.74, 6) is 0. The van der Waals surface area contributed by atoms with E-state index in [-0.39, 0.29) is 11.1 Å². The zero-order valence-electron chi connectivity index (χ0n) is 12.0. The summed E-state index contributed by atoms with van der Waals surface area (Å²) >= 11 is 0. The molecule has 0 atom stereocenters. The van der Waals surface area contributed by atoms with Crippen LogP contribution in [-0.2, 0) is 16.9 Å². The van der Waals surface area contributed by atoms with Crippen molar-refractivity contribution >= 4 is 20.7 Å². The number of aromatic nitrogens is 1. The van der Waals surface area contributed by atoms with E-state index < -0.39 is 20.2 Å². The van der Waals surface area contributed by atoms with Crippen molar-refractivity contribution in [2.45, 2.75) is 10.4 Å². The maximum absolute atomic E-state index is 13.2. The van der Waals surface area contributed by atoms with Crippen LogP contribution in [0, 0.1) is 0 Å². The molecular weight excluding hydrogens is 327 g/mol. The highest BCUT2D eigenvalue weighted by molar-refractivity contribution is 7.92. The van der Waals surface area contributed by atoms with Gasteiger partial charge in [-0.15, -0.1) is 0 Å². The van der Waals surface area contributed by atoms with E-state index in [1.807, 2.05) is 0 Å². The van der Waals surface area contributed by atoms with Crippen molar-refractivity contribution in [1.82, 2.24) is 4.57 Å². The van der Waals surface area contributed by atoms with Gasteiger partial charge >= 0.3 is 5.51 Å². The summed E-state index contributed by atoms with van der Waals surface area (Å²) in [6, 6.07) is 14.3. The second kappa shape index (κ2) is 5.13. The number of fused-ring (bicyclic) bond motifs is 1. The SMILES string of the molecule is Cn1c(-c2ccccc2)c(S(=O)(=O)C(F)(F)F)c2ccccc21. The summed E-state index contributed by atoms with van der Waals surface area (Å²) in [5.41, 5.74) is -4.49. The van der Waals surface area contributed by atoms with Gasteiger partial charge in [0.25, 0.3) is 9.84 Å². The summed E-state index contributed by atoms with van der Waals surface area (Å²) < 4.78 is 65.2. The van der Waals surface area contributed by atoms with Gasteiger partial charge < -0.3 is 4.57 Å². The largest absolute Gasteiger partial charge is 0.502 e. The van der Waals surface area contributed by atoms with Gasteiger partial charge in [0.15, 0.2) is 0 Å². The van der Waals surface area contributed by atoms with E-state index in [4.69, 9.17) is 0 Å². The third-order valence-electron chi connectivity index (χ3n) is 3.68. The molecule has 0 fully saturated rings. The van der Waals surface area contributed by atoms with Crippen LogP contribution in [-0.4, -0.2) is 18.5 Å². The van der Waals surface area contributed by atoms with Crippen molar-refractivity contribution in [1.29, 1.82) is 0 Å². The Labute approximate surface area is 130 Å². The molecule has 3 rings (SSSR count). The molecule has 3 aromatic rings. The van der Waals surface area contributed by atoms with Crippen molar-refractivity contribution in [2.24, 2.45) is 7.05 Å². The highest BCUT2D eigenvalue weighted by Gasteiger charge is 2.49. The van der Waals surface area contributed by atoms with E-state index in [1.165, 1.54) is 16.7 Å². The molecule has 0 radical (unpaired) electrons. The van der Waals surface area contributed by atoms with E-state index in [2.05, 4.69) is 0 Å². The number of para-hydroxylation sites is 1. The first-order valence-corrected chi connectivity index (χ1v) is 8.17. The molecule has 23 heavy (non-hydrogen) atoms. The molecule has 3 nitrogen and oxygen atoms in total. The number of benzene rings is 2. The Hall–Kier alpha value is -2.28. The van der Waals surface area contributed by atoms with E-state index in [9.17, 15) is 21.6 Å². The van der Waals surface area contributed by atoms with E-state index in [0.29, 0.717) is 11.1 Å². The highest BCUT2D eigenvalue weighted by Crippen LogP contribution is 2.42. The molecule has 0 aliphatic carbocycles. The van der Waals surface area contributed by atoms with Gasteiger partial charge in [0, 0.05) is 18.0 Å². The molecule has 0 amide bonds. The lowest BCUT2D eigenvalue weighted by Gasteiger charge is -2.11. The Morgan fingerprint density at radius 2 is 1.48 bits per heavy atom. The monoisotopic (exact) mass is 339 g/mol. The highest BCUT2D eigenvalue weighted by atomic mass is 32.2. The first-order chi connectivity index (χ1) is 10.7. The summed E-state index contributed by atoms with van der Waals surface area (Å²) in [6.07, 6.45) is 0. The Kier molecular flexibility index (Phi) is 3.48. The number of hydrogen-bond acceptors (Lipinski definition) is 2. The van der Waals surface area contributed by atoms with Gasteiger partial charge in [0.2, 0.25) is 0 Å². The molecular formula is C16H12F3NO2S. The summed E-state index contributed by atoms with van der Waals surface area (Å²) in [7, 11) is -3.93. The number of halogens is 3. The van der Waals surface area contributed by atoms with Crippen LogP contribution in [0.4, 0.5) is 13.2 Å². The van der Waals surface area contributed by atoms with Crippen molar-refractivity contribution in [3.63, 3.8) is 0 Å². The zero-order valence-corrected chi connectivity index (χ0v) is 12.8. The molecule has 0 saturated heterocycles. The quantitative estimate of drug-likeness (QED) is 0.704. The predicted octanol–water partition coefficient (Wildman–Crippen LogP) is 4.14. The van der Waals surface area contributed by atoms with Gasteiger partial charge in [-0.25, -0.2) is 8.42 Å². The number of sulfone groups is 1. The third kappa shape index (κ3) is 2.31. The van der Waals surface area contributed by atoms with Gasteiger partial charge in [-0.3, -0.25) is 0 Å². The van der Waals surface area contributed by atoms with Crippen molar-refractivity contribution < 1.29 is 21.6 Å². The minimum Gasteiger partial charge on any atom is -0.343 e. The molecule has 0 bridgehead atoms. The average molecular weight is 339 g/mol. The van der Waals surface area contributed by atoms with Crippen LogP contribution in [0.3, 0.4) is 0 Å². The Morgan fingerprint density at radius 1 is 0.913 bits per heavy atom. The van der Waals surface area contributed by atoms with Crippen LogP contribution >= 0.6 is 0 Å². The van der Waals surface area contributed by atoms with Crippen LogP contribution in [0.25, 0.3) is 22.2 Å². The predicted molar refractivity (Wildman–Crippen MR) is 81.6 cm³/mol. The molecule has 2 aromatic carbocycles. The number of aryl methyl sites for hydroxylation is 1. The lowest BCUT2D eigenvalue weighted by molar-refractivity contribution is -0.0435. The van der Waals surface area contributed by atoms with Crippen molar-refractivity contribution in [2.75, 3.05) is 0 Å². The molecule has 0 aliphatic rings. The normalized spacial score (nSPS) is 12.7. The van der Waals surface area contributed by atoms with Crippen LogP contribution < -0.4 is 0 Å². The second-order valence-corrected chi connectivity index (χ2v) is 6.95.